The van der Waals surface area contributed by atoms with Gasteiger partial charge in [-0.05, 0) is 31.9 Å². The van der Waals surface area contributed by atoms with Gasteiger partial charge in [-0.3, -0.25) is 0 Å². The molecule has 4 heteroatoms. The van der Waals surface area contributed by atoms with Crippen molar-refractivity contribution >= 4 is 11.5 Å². The lowest BCUT2D eigenvalue weighted by molar-refractivity contribution is 0.480. The van der Waals surface area contributed by atoms with Crippen LogP contribution in [0.5, 0.6) is 0 Å². The van der Waals surface area contributed by atoms with Crippen LogP contribution >= 0.6 is 11.5 Å². The highest BCUT2D eigenvalue weighted by Crippen LogP contribution is 2.26. The van der Waals surface area contributed by atoms with E-state index in [-0.39, 0.29) is 0 Å². The summed E-state index contributed by atoms with van der Waals surface area (Å²) in [6.07, 6.45) is 1.11. The van der Waals surface area contributed by atoms with Crippen molar-refractivity contribution in [1.82, 2.24) is 14.7 Å². The Kier molecular flexibility index (Phi) is 4.67. The van der Waals surface area contributed by atoms with Crippen molar-refractivity contribution < 1.29 is 0 Å². The van der Waals surface area contributed by atoms with Crippen LogP contribution in [0.2, 0.25) is 0 Å². The molecule has 1 N–H and O–H groups in total. The van der Waals surface area contributed by atoms with Gasteiger partial charge in [-0.15, -0.1) is 0 Å². The van der Waals surface area contributed by atoms with E-state index in [4.69, 9.17) is 0 Å². The van der Waals surface area contributed by atoms with E-state index in [9.17, 15) is 0 Å². The highest BCUT2D eigenvalue weighted by Gasteiger charge is 2.20. The van der Waals surface area contributed by atoms with Crippen molar-refractivity contribution in [3.05, 3.63) is 10.8 Å². The smallest absolute Gasteiger partial charge is 0.145 e. The van der Waals surface area contributed by atoms with Crippen LogP contribution < -0.4 is 5.32 Å². The number of nitrogens with one attached hydrogen (secondary N) is 1. The molecule has 1 heterocycles. The Bertz CT molecular complexity index is 296. The molecule has 0 aliphatic rings. The molecule has 15 heavy (non-hydrogen) atoms. The zero-order chi connectivity index (χ0) is 11.4. The predicted octanol–water partition coefficient (Wildman–Crippen LogP) is 2.76. The predicted molar refractivity (Wildman–Crippen MR) is 65.6 cm³/mol. The zero-order valence-electron chi connectivity index (χ0n) is 10.2. The van der Waals surface area contributed by atoms with E-state index in [1.807, 2.05) is 7.05 Å². The van der Waals surface area contributed by atoms with Crippen molar-refractivity contribution in [3.63, 3.8) is 0 Å². The van der Waals surface area contributed by atoms with Gasteiger partial charge in [-0.1, -0.05) is 20.8 Å². The highest BCUT2D eigenvalue weighted by molar-refractivity contribution is 7.05. The fourth-order valence-electron chi connectivity index (χ4n) is 1.58. The van der Waals surface area contributed by atoms with Gasteiger partial charge < -0.3 is 5.32 Å². The van der Waals surface area contributed by atoms with E-state index in [2.05, 4.69) is 42.4 Å². The number of nitrogens with zero attached hydrogens (tertiary/aromatic N) is 2. The number of likely N-dealkylation sites (N-methyl/N-ethyl adjacent to an activating group) is 1. The Labute approximate surface area is 96.5 Å². The molecule has 1 aromatic heterocycles. The van der Waals surface area contributed by atoms with Crippen LogP contribution in [0.25, 0.3) is 0 Å². The first-order valence-electron chi connectivity index (χ1n) is 5.60. The molecule has 3 nitrogen and oxygen atoms in total. The van der Waals surface area contributed by atoms with Crippen LogP contribution in [0, 0.1) is 0 Å². The van der Waals surface area contributed by atoms with Gasteiger partial charge in [0.2, 0.25) is 0 Å². The first-order valence-corrected chi connectivity index (χ1v) is 6.38. The summed E-state index contributed by atoms with van der Waals surface area (Å²) >= 11 is 1.55. The third-order valence-electron chi connectivity index (χ3n) is 2.79. The van der Waals surface area contributed by atoms with Gasteiger partial charge in [-0.25, -0.2) is 4.98 Å². The van der Waals surface area contributed by atoms with Gasteiger partial charge in [0, 0.05) is 17.9 Å². The molecule has 0 bridgehead atoms. The first-order chi connectivity index (χ1) is 7.10. The second kappa shape index (κ2) is 5.56. The first kappa shape index (κ1) is 12.6. The molecule has 0 spiro atoms. The standard InChI is InChI=1S/C11H21N3S/c1-6-9(8(4)12-5)11-13-10(7(2)3)14-15-11/h7-9,12H,6H2,1-5H3. The highest BCUT2D eigenvalue weighted by atomic mass is 32.1. The summed E-state index contributed by atoms with van der Waals surface area (Å²) in [6, 6.07) is 0.461. The molecular formula is C11H21N3S. The zero-order valence-corrected chi connectivity index (χ0v) is 11.1. The maximum atomic E-state index is 4.62. The van der Waals surface area contributed by atoms with Gasteiger partial charge in [0.05, 0.1) is 0 Å². The van der Waals surface area contributed by atoms with Gasteiger partial charge in [0.1, 0.15) is 10.8 Å². The SMILES string of the molecule is CCC(c1nc(C(C)C)ns1)C(C)NC. The van der Waals surface area contributed by atoms with Crippen LogP contribution in [0.15, 0.2) is 0 Å². The lowest BCUT2D eigenvalue weighted by Crippen LogP contribution is -2.28. The number of hydrogen-bond donors (Lipinski definition) is 1. The molecule has 0 radical (unpaired) electrons. The van der Waals surface area contributed by atoms with Crippen molar-refractivity contribution in [2.75, 3.05) is 7.05 Å². The molecule has 0 aliphatic carbocycles. The molecular weight excluding hydrogens is 206 g/mol. The third kappa shape index (κ3) is 2.98. The molecule has 2 atom stereocenters. The summed E-state index contributed by atoms with van der Waals surface area (Å²) < 4.78 is 4.40. The topological polar surface area (TPSA) is 37.8 Å². The quantitative estimate of drug-likeness (QED) is 0.840. The molecule has 1 aromatic rings. The molecule has 0 saturated carbocycles. The van der Waals surface area contributed by atoms with E-state index in [0.717, 1.165) is 12.2 Å². The maximum Gasteiger partial charge on any atom is 0.145 e. The summed E-state index contributed by atoms with van der Waals surface area (Å²) in [5.74, 6) is 1.90. The van der Waals surface area contributed by atoms with Gasteiger partial charge in [0.15, 0.2) is 0 Å². The Morgan fingerprint density at radius 2 is 2.00 bits per heavy atom. The monoisotopic (exact) mass is 227 g/mol. The summed E-state index contributed by atoms with van der Waals surface area (Å²) in [6.45, 7) is 8.67. The van der Waals surface area contributed by atoms with Crippen LogP contribution in [0.3, 0.4) is 0 Å². The van der Waals surface area contributed by atoms with Crippen molar-refractivity contribution in [2.24, 2.45) is 0 Å². The maximum absolute atomic E-state index is 4.62. The fourth-order valence-corrected chi connectivity index (χ4v) is 2.65. The van der Waals surface area contributed by atoms with Crippen molar-refractivity contribution in [2.45, 2.75) is 52.0 Å². The van der Waals surface area contributed by atoms with Crippen molar-refractivity contribution in [3.8, 4) is 0 Å². The Hall–Kier alpha value is -0.480. The summed E-state index contributed by atoms with van der Waals surface area (Å²) in [5, 5.41) is 4.46. The third-order valence-corrected chi connectivity index (χ3v) is 3.65. The van der Waals surface area contributed by atoms with E-state index in [1.165, 1.54) is 5.01 Å². The molecule has 2 unspecified atom stereocenters. The Morgan fingerprint density at radius 3 is 2.40 bits per heavy atom. The van der Waals surface area contributed by atoms with Gasteiger partial charge >= 0.3 is 0 Å². The van der Waals surface area contributed by atoms with Crippen LogP contribution in [0.1, 0.15) is 56.8 Å². The van der Waals surface area contributed by atoms with Crippen LogP contribution in [0.4, 0.5) is 0 Å². The van der Waals surface area contributed by atoms with Crippen LogP contribution in [-0.4, -0.2) is 22.4 Å². The molecule has 86 valence electrons. The fraction of sp³-hybridized carbons (Fsp3) is 0.818. The second-order valence-corrected chi connectivity index (χ2v) is 5.02. The summed E-state index contributed by atoms with van der Waals surface area (Å²) in [4.78, 5) is 4.62. The minimum Gasteiger partial charge on any atom is -0.317 e. The molecule has 1 rings (SSSR count). The Balaban J connectivity index is 2.83. The normalized spacial score (nSPS) is 15.6. The lowest BCUT2D eigenvalue weighted by atomic mass is 9.99. The molecule has 0 fully saturated rings. The molecule has 0 aliphatic heterocycles. The van der Waals surface area contributed by atoms with Crippen molar-refractivity contribution in [1.29, 1.82) is 0 Å². The van der Waals surface area contributed by atoms with Gasteiger partial charge in [0.25, 0.3) is 0 Å². The molecule has 0 aromatic carbocycles. The summed E-state index contributed by atoms with van der Waals surface area (Å²) in [5.41, 5.74) is 0. The second-order valence-electron chi connectivity index (χ2n) is 4.24. The van der Waals surface area contributed by atoms with Crippen LogP contribution in [-0.2, 0) is 0 Å². The Morgan fingerprint density at radius 1 is 1.33 bits per heavy atom. The lowest BCUT2D eigenvalue weighted by Gasteiger charge is -2.19. The molecule has 0 amide bonds. The average Bonchev–Trinajstić information content (AvgIpc) is 2.68. The minimum absolute atomic E-state index is 0.428. The average molecular weight is 227 g/mol. The minimum atomic E-state index is 0.428. The number of hydrogen-bond acceptors (Lipinski definition) is 4. The largest absolute Gasteiger partial charge is 0.317 e. The van der Waals surface area contributed by atoms with E-state index in [0.29, 0.717) is 17.9 Å². The number of rotatable bonds is 5. The molecule has 0 saturated heterocycles. The van der Waals surface area contributed by atoms with E-state index < -0.39 is 0 Å². The van der Waals surface area contributed by atoms with E-state index >= 15 is 0 Å². The van der Waals surface area contributed by atoms with E-state index in [1.54, 1.807) is 11.5 Å². The number of aromatic nitrogens is 2. The summed E-state index contributed by atoms with van der Waals surface area (Å²) in [7, 11) is 2.00. The van der Waals surface area contributed by atoms with Gasteiger partial charge in [-0.2, -0.15) is 4.37 Å².